The van der Waals surface area contributed by atoms with Gasteiger partial charge in [0.25, 0.3) is 0 Å². The molecule has 0 spiro atoms. The molecule has 0 atom stereocenters. The maximum Gasteiger partial charge on any atom is 0.234 e. The second kappa shape index (κ2) is 5.91. The molecule has 3 aromatic rings. The van der Waals surface area contributed by atoms with Crippen molar-refractivity contribution in [3.05, 3.63) is 65.4 Å². The van der Waals surface area contributed by atoms with Gasteiger partial charge in [-0.2, -0.15) is 0 Å². The Morgan fingerprint density at radius 2 is 1.76 bits per heavy atom. The highest BCUT2D eigenvalue weighted by Gasteiger charge is 2.33. The molecule has 3 rings (SSSR count). The number of anilines is 1. The van der Waals surface area contributed by atoms with E-state index in [0.29, 0.717) is 16.5 Å². The van der Waals surface area contributed by atoms with Crippen LogP contribution in [-0.4, -0.2) is 10.9 Å². The van der Waals surface area contributed by atoms with Crippen LogP contribution in [0, 0.1) is 23.3 Å². The first-order chi connectivity index (χ1) is 11.7. The number of hydrogen-bond donors (Lipinski definition) is 2. The van der Waals surface area contributed by atoms with E-state index < -0.39 is 40.3 Å². The Balaban J connectivity index is 1.98. The number of aromatic amines is 1. The van der Waals surface area contributed by atoms with E-state index in [1.165, 1.54) is 18.2 Å². The minimum Gasteiger partial charge on any atom is -0.361 e. The van der Waals surface area contributed by atoms with E-state index in [-0.39, 0.29) is 0 Å². The van der Waals surface area contributed by atoms with Gasteiger partial charge in [-0.15, -0.1) is 0 Å². The average Bonchev–Trinajstić information content (AvgIpc) is 2.99. The van der Waals surface area contributed by atoms with Gasteiger partial charge in [-0.05, 0) is 49.7 Å². The Morgan fingerprint density at radius 3 is 2.48 bits per heavy atom. The number of nitrogens with one attached hydrogen (secondary N) is 2. The average molecular weight is 350 g/mol. The van der Waals surface area contributed by atoms with Crippen molar-refractivity contribution < 1.29 is 22.4 Å². The molecular weight excluding hydrogens is 336 g/mol. The maximum absolute atomic E-state index is 13.8. The van der Waals surface area contributed by atoms with Crippen molar-refractivity contribution in [2.24, 2.45) is 0 Å². The fraction of sp³-hybridized carbons (Fsp3) is 0.167. The van der Waals surface area contributed by atoms with Crippen LogP contribution < -0.4 is 5.32 Å². The number of aromatic nitrogens is 1. The minimum absolute atomic E-state index is 0.462. The Hall–Kier alpha value is -2.83. The number of hydrogen-bond acceptors (Lipinski definition) is 1. The van der Waals surface area contributed by atoms with Crippen LogP contribution in [0.25, 0.3) is 10.9 Å². The lowest BCUT2D eigenvalue weighted by molar-refractivity contribution is -0.120. The summed E-state index contributed by atoms with van der Waals surface area (Å²) in [5.41, 5.74) is -0.537. The molecule has 7 heteroatoms. The maximum atomic E-state index is 13.8. The lowest BCUT2D eigenvalue weighted by Crippen LogP contribution is -2.35. The van der Waals surface area contributed by atoms with Crippen molar-refractivity contribution in [1.82, 2.24) is 4.98 Å². The summed E-state index contributed by atoms with van der Waals surface area (Å²) in [6.45, 7) is 3.13. The second-order valence-corrected chi connectivity index (χ2v) is 6.19. The summed E-state index contributed by atoms with van der Waals surface area (Å²) in [5.74, 6) is -5.60. The van der Waals surface area contributed by atoms with Gasteiger partial charge in [0.1, 0.15) is 5.82 Å². The molecule has 25 heavy (non-hydrogen) atoms. The molecule has 1 amide bonds. The van der Waals surface area contributed by atoms with E-state index in [2.05, 4.69) is 10.3 Å². The molecule has 0 bridgehead atoms. The van der Waals surface area contributed by atoms with Gasteiger partial charge in [0, 0.05) is 17.1 Å². The van der Waals surface area contributed by atoms with Gasteiger partial charge in [-0.25, -0.2) is 17.6 Å². The van der Waals surface area contributed by atoms with Gasteiger partial charge in [0.05, 0.1) is 11.1 Å². The molecule has 130 valence electrons. The Labute approximate surface area is 140 Å². The van der Waals surface area contributed by atoms with Crippen LogP contribution in [0.15, 0.2) is 36.5 Å². The van der Waals surface area contributed by atoms with Gasteiger partial charge >= 0.3 is 0 Å². The van der Waals surface area contributed by atoms with Crippen molar-refractivity contribution in [3.8, 4) is 0 Å². The van der Waals surface area contributed by atoms with E-state index in [0.717, 1.165) is 12.1 Å². The summed E-state index contributed by atoms with van der Waals surface area (Å²) in [6, 6.07) is 5.77. The predicted molar refractivity (Wildman–Crippen MR) is 86.2 cm³/mol. The van der Waals surface area contributed by atoms with E-state index in [1.54, 1.807) is 20.0 Å². The van der Waals surface area contributed by atoms with Gasteiger partial charge < -0.3 is 10.3 Å². The quantitative estimate of drug-likeness (QED) is 0.525. The molecule has 1 heterocycles. The Bertz CT molecular complexity index is 979. The molecule has 2 N–H and O–H groups in total. The normalized spacial score (nSPS) is 11.8. The Kier molecular flexibility index (Phi) is 4.02. The summed E-state index contributed by atoms with van der Waals surface area (Å²) >= 11 is 0. The standard InChI is InChI=1S/C18H14F4N2O/c1-18(2,11-8-23-13-5-3-9(19)7-10(11)13)17(25)24-14-6-4-12(20)15(21)16(14)22/h3-8,23H,1-2H3,(H,24,25). The molecule has 1 aromatic heterocycles. The van der Waals surface area contributed by atoms with Gasteiger partial charge in [-0.3, -0.25) is 4.79 Å². The molecule has 0 saturated heterocycles. The molecule has 0 fully saturated rings. The molecular formula is C18H14F4N2O. The highest BCUT2D eigenvalue weighted by Crippen LogP contribution is 2.32. The van der Waals surface area contributed by atoms with Crippen molar-refractivity contribution in [3.63, 3.8) is 0 Å². The zero-order chi connectivity index (χ0) is 18.4. The number of carbonyl (C=O) groups excluding carboxylic acids is 1. The summed E-state index contributed by atoms with van der Waals surface area (Å²) < 4.78 is 53.6. The molecule has 0 aliphatic carbocycles. The number of halogens is 4. The molecule has 3 nitrogen and oxygen atoms in total. The summed E-state index contributed by atoms with van der Waals surface area (Å²) in [6.07, 6.45) is 1.56. The topological polar surface area (TPSA) is 44.9 Å². The monoisotopic (exact) mass is 350 g/mol. The molecule has 2 aromatic carbocycles. The highest BCUT2D eigenvalue weighted by atomic mass is 19.2. The molecule has 0 radical (unpaired) electrons. The molecule has 0 aliphatic heterocycles. The van der Waals surface area contributed by atoms with Crippen LogP contribution in [0.2, 0.25) is 0 Å². The largest absolute Gasteiger partial charge is 0.361 e. The van der Waals surface area contributed by atoms with Crippen molar-refractivity contribution in [1.29, 1.82) is 0 Å². The van der Waals surface area contributed by atoms with Crippen molar-refractivity contribution >= 4 is 22.5 Å². The second-order valence-electron chi connectivity index (χ2n) is 6.19. The van der Waals surface area contributed by atoms with E-state index in [4.69, 9.17) is 0 Å². The van der Waals surface area contributed by atoms with Crippen LogP contribution in [0.5, 0.6) is 0 Å². The first-order valence-electron chi connectivity index (χ1n) is 7.44. The fourth-order valence-electron chi connectivity index (χ4n) is 2.63. The number of fused-ring (bicyclic) bond motifs is 1. The number of amides is 1. The van der Waals surface area contributed by atoms with Crippen molar-refractivity contribution in [2.45, 2.75) is 19.3 Å². The third kappa shape index (κ3) is 2.86. The lowest BCUT2D eigenvalue weighted by atomic mass is 9.83. The lowest BCUT2D eigenvalue weighted by Gasteiger charge is -2.23. The smallest absolute Gasteiger partial charge is 0.234 e. The molecule has 0 aliphatic rings. The number of carbonyl (C=O) groups is 1. The van der Waals surface area contributed by atoms with E-state index in [1.807, 2.05) is 0 Å². The zero-order valence-electron chi connectivity index (χ0n) is 13.4. The van der Waals surface area contributed by atoms with Crippen LogP contribution in [0.1, 0.15) is 19.4 Å². The SMILES string of the molecule is CC(C)(C(=O)Nc1ccc(F)c(F)c1F)c1c[nH]c2ccc(F)cc12. The summed E-state index contributed by atoms with van der Waals surface area (Å²) in [5, 5.41) is 2.76. The van der Waals surface area contributed by atoms with Crippen LogP contribution in [0.4, 0.5) is 23.2 Å². The van der Waals surface area contributed by atoms with E-state index >= 15 is 0 Å². The number of H-pyrrole nitrogens is 1. The fourth-order valence-corrected chi connectivity index (χ4v) is 2.63. The number of rotatable bonds is 3. The summed E-state index contributed by atoms with van der Waals surface area (Å²) in [7, 11) is 0. The first-order valence-corrected chi connectivity index (χ1v) is 7.44. The Morgan fingerprint density at radius 1 is 1.04 bits per heavy atom. The van der Waals surface area contributed by atoms with Crippen LogP contribution in [0.3, 0.4) is 0 Å². The van der Waals surface area contributed by atoms with Gasteiger partial charge in [0.15, 0.2) is 17.5 Å². The first kappa shape index (κ1) is 17.0. The van der Waals surface area contributed by atoms with Crippen molar-refractivity contribution in [2.75, 3.05) is 5.32 Å². The third-order valence-electron chi connectivity index (χ3n) is 4.17. The van der Waals surface area contributed by atoms with Crippen LogP contribution in [-0.2, 0) is 10.2 Å². The van der Waals surface area contributed by atoms with Crippen LogP contribution >= 0.6 is 0 Å². The molecule has 0 unspecified atom stereocenters. The van der Waals surface area contributed by atoms with Gasteiger partial charge in [-0.1, -0.05) is 0 Å². The minimum atomic E-state index is -1.66. The highest BCUT2D eigenvalue weighted by molar-refractivity contribution is 6.01. The van der Waals surface area contributed by atoms with E-state index in [9.17, 15) is 22.4 Å². The van der Waals surface area contributed by atoms with Gasteiger partial charge in [0.2, 0.25) is 5.91 Å². The summed E-state index contributed by atoms with van der Waals surface area (Å²) in [4.78, 5) is 15.5. The zero-order valence-corrected chi connectivity index (χ0v) is 13.4. The predicted octanol–water partition coefficient (Wildman–Crippen LogP) is 4.64. The number of benzene rings is 2. The third-order valence-corrected chi connectivity index (χ3v) is 4.17. The molecule has 0 saturated carbocycles.